The molecule has 0 aromatic heterocycles. The first kappa shape index (κ1) is 18.8. The zero-order chi connectivity index (χ0) is 18.7. The summed E-state index contributed by atoms with van der Waals surface area (Å²) in [4.78, 5) is 16.6. The molecule has 3 rings (SSSR count). The van der Waals surface area contributed by atoms with E-state index < -0.39 is 10.0 Å². The Morgan fingerprint density at radius 3 is 2.69 bits per heavy atom. The van der Waals surface area contributed by atoms with Crippen LogP contribution >= 0.6 is 0 Å². The highest BCUT2D eigenvalue weighted by Gasteiger charge is 2.31. The molecule has 0 bridgehead atoms. The van der Waals surface area contributed by atoms with E-state index in [1.807, 2.05) is 0 Å². The number of likely N-dealkylation sites (tertiary alicyclic amines) is 1. The van der Waals surface area contributed by atoms with Crippen LogP contribution in [-0.4, -0.2) is 69.2 Å². The summed E-state index contributed by atoms with van der Waals surface area (Å²) in [6.07, 6.45) is 3.05. The van der Waals surface area contributed by atoms with Crippen LogP contribution in [0.1, 0.15) is 31.7 Å². The molecule has 0 aliphatic carbocycles. The molecule has 0 unspecified atom stereocenters. The van der Waals surface area contributed by atoms with Crippen LogP contribution < -0.4 is 5.32 Å². The Bertz CT molecular complexity index is 798. The summed E-state index contributed by atoms with van der Waals surface area (Å²) in [5.74, 6) is 0.222. The van der Waals surface area contributed by atoms with E-state index in [-0.39, 0.29) is 23.4 Å². The SMILES string of the molecule is CCCN1CCC(NC(=O)CN(C)C2=NS(=O)(=O)c3ccccc32)CC1. The lowest BCUT2D eigenvalue weighted by Crippen LogP contribution is -2.47. The van der Waals surface area contributed by atoms with Gasteiger partial charge < -0.3 is 15.1 Å². The lowest BCUT2D eigenvalue weighted by atomic mass is 10.0. The first-order valence-corrected chi connectivity index (χ1v) is 10.5. The number of amides is 1. The van der Waals surface area contributed by atoms with E-state index in [9.17, 15) is 13.2 Å². The number of sulfonamides is 1. The van der Waals surface area contributed by atoms with Crippen molar-refractivity contribution in [1.29, 1.82) is 0 Å². The topological polar surface area (TPSA) is 82.1 Å². The molecule has 1 fully saturated rings. The van der Waals surface area contributed by atoms with Crippen molar-refractivity contribution in [2.45, 2.75) is 37.1 Å². The van der Waals surface area contributed by atoms with E-state index in [1.165, 1.54) is 0 Å². The van der Waals surface area contributed by atoms with Gasteiger partial charge in [-0.2, -0.15) is 8.42 Å². The Morgan fingerprint density at radius 1 is 1.31 bits per heavy atom. The number of nitrogens with one attached hydrogen (secondary N) is 1. The number of piperidine rings is 1. The van der Waals surface area contributed by atoms with Gasteiger partial charge in [0.2, 0.25) is 5.91 Å². The van der Waals surface area contributed by atoms with Gasteiger partial charge in [-0.3, -0.25) is 4.79 Å². The molecule has 1 N–H and O–H groups in total. The maximum absolute atomic E-state index is 12.4. The highest BCUT2D eigenvalue weighted by atomic mass is 32.2. The molecule has 1 saturated heterocycles. The monoisotopic (exact) mass is 378 g/mol. The summed E-state index contributed by atoms with van der Waals surface area (Å²) in [6.45, 7) is 5.38. The summed E-state index contributed by atoms with van der Waals surface area (Å²) in [5.41, 5.74) is 0.552. The lowest BCUT2D eigenvalue weighted by molar-refractivity contribution is -0.122. The minimum Gasteiger partial charge on any atom is -0.352 e. The van der Waals surface area contributed by atoms with Crippen molar-refractivity contribution in [2.75, 3.05) is 33.2 Å². The second-order valence-corrected chi connectivity index (χ2v) is 8.50. The van der Waals surface area contributed by atoms with E-state index in [1.54, 1.807) is 36.2 Å². The fourth-order valence-electron chi connectivity index (χ4n) is 3.54. The molecule has 0 atom stereocenters. The number of carbonyl (C=O) groups excluding carboxylic acids is 1. The number of amidine groups is 1. The highest BCUT2D eigenvalue weighted by molar-refractivity contribution is 7.90. The second-order valence-electron chi connectivity index (χ2n) is 6.93. The van der Waals surface area contributed by atoms with E-state index in [0.717, 1.165) is 38.9 Å². The summed E-state index contributed by atoms with van der Waals surface area (Å²) >= 11 is 0. The molecule has 0 radical (unpaired) electrons. The van der Waals surface area contributed by atoms with Crippen molar-refractivity contribution in [2.24, 2.45) is 4.40 Å². The third-order valence-corrected chi connectivity index (χ3v) is 6.17. The molecule has 1 aromatic carbocycles. The molecule has 1 amide bonds. The minimum atomic E-state index is -3.67. The van der Waals surface area contributed by atoms with Gasteiger partial charge in [-0.1, -0.05) is 19.1 Å². The quantitative estimate of drug-likeness (QED) is 0.828. The Labute approximate surface area is 155 Å². The largest absolute Gasteiger partial charge is 0.352 e. The summed E-state index contributed by atoms with van der Waals surface area (Å²) in [5, 5.41) is 3.07. The molecule has 2 aliphatic rings. The fraction of sp³-hybridized carbons (Fsp3) is 0.556. The Morgan fingerprint density at radius 2 is 2.00 bits per heavy atom. The third-order valence-electron chi connectivity index (χ3n) is 4.85. The third kappa shape index (κ3) is 4.07. The summed E-state index contributed by atoms with van der Waals surface area (Å²) in [7, 11) is -1.97. The second kappa shape index (κ2) is 7.75. The van der Waals surface area contributed by atoms with Gasteiger partial charge in [0, 0.05) is 31.7 Å². The van der Waals surface area contributed by atoms with Gasteiger partial charge in [-0.25, -0.2) is 0 Å². The smallest absolute Gasteiger partial charge is 0.285 e. The van der Waals surface area contributed by atoms with Gasteiger partial charge in [0.15, 0.2) is 5.84 Å². The number of hydrogen-bond acceptors (Lipinski definition) is 5. The van der Waals surface area contributed by atoms with Gasteiger partial charge in [-0.15, -0.1) is 4.40 Å². The Balaban J connectivity index is 1.57. The maximum Gasteiger partial charge on any atom is 0.285 e. The van der Waals surface area contributed by atoms with Crippen LogP contribution in [0.15, 0.2) is 33.6 Å². The van der Waals surface area contributed by atoms with Crippen LogP contribution in [0.3, 0.4) is 0 Å². The number of carbonyl (C=O) groups is 1. The molecule has 7 nitrogen and oxygen atoms in total. The van der Waals surface area contributed by atoms with Gasteiger partial charge in [0.05, 0.1) is 6.54 Å². The Hall–Kier alpha value is -1.93. The summed E-state index contributed by atoms with van der Waals surface area (Å²) in [6, 6.07) is 6.89. The molecular weight excluding hydrogens is 352 g/mol. The van der Waals surface area contributed by atoms with E-state index in [0.29, 0.717) is 11.4 Å². The number of likely N-dealkylation sites (N-methyl/N-ethyl adjacent to an activating group) is 1. The van der Waals surface area contributed by atoms with Crippen LogP contribution in [0.4, 0.5) is 0 Å². The predicted octanol–water partition coefficient (Wildman–Crippen LogP) is 1.06. The number of fused-ring (bicyclic) bond motifs is 1. The van der Waals surface area contributed by atoms with Gasteiger partial charge in [-0.05, 0) is 37.9 Å². The molecule has 0 saturated carbocycles. The normalized spacial score (nSPS) is 19.7. The highest BCUT2D eigenvalue weighted by Crippen LogP contribution is 2.26. The van der Waals surface area contributed by atoms with Crippen molar-refractivity contribution in [3.8, 4) is 0 Å². The molecular formula is C18H26N4O3S. The fourth-order valence-corrected chi connectivity index (χ4v) is 4.80. The van der Waals surface area contributed by atoms with Crippen molar-refractivity contribution >= 4 is 21.8 Å². The number of rotatable bonds is 5. The van der Waals surface area contributed by atoms with Crippen molar-refractivity contribution < 1.29 is 13.2 Å². The van der Waals surface area contributed by atoms with Crippen LogP contribution in [0, 0.1) is 0 Å². The van der Waals surface area contributed by atoms with Crippen LogP contribution in [0.5, 0.6) is 0 Å². The van der Waals surface area contributed by atoms with Gasteiger partial charge >= 0.3 is 0 Å². The van der Waals surface area contributed by atoms with Crippen molar-refractivity contribution in [1.82, 2.24) is 15.1 Å². The zero-order valence-corrected chi connectivity index (χ0v) is 16.1. The lowest BCUT2D eigenvalue weighted by Gasteiger charge is -2.32. The standard InChI is InChI=1S/C18H26N4O3S/c1-3-10-22-11-8-14(9-12-22)19-17(23)13-21(2)18-15-6-4-5-7-16(15)26(24,25)20-18/h4-7,14H,3,8-13H2,1-2H3,(H,19,23). The Kier molecular flexibility index (Phi) is 5.62. The van der Waals surface area contributed by atoms with Crippen LogP contribution in [0.25, 0.3) is 0 Å². The van der Waals surface area contributed by atoms with E-state index in [4.69, 9.17) is 0 Å². The van der Waals surface area contributed by atoms with Gasteiger partial charge in [0.25, 0.3) is 10.0 Å². The molecule has 8 heteroatoms. The van der Waals surface area contributed by atoms with Crippen LogP contribution in [0.2, 0.25) is 0 Å². The first-order chi connectivity index (χ1) is 12.4. The van der Waals surface area contributed by atoms with Crippen molar-refractivity contribution in [3.63, 3.8) is 0 Å². The number of hydrogen-bond donors (Lipinski definition) is 1. The van der Waals surface area contributed by atoms with E-state index in [2.05, 4.69) is 21.5 Å². The number of nitrogens with zero attached hydrogens (tertiary/aromatic N) is 3. The van der Waals surface area contributed by atoms with Gasteiger partial charge in [0.1, 0.15) is 4.90 Å². The number of benzene rings is 1. The molecule has 2 heterocycles. The molecule has 2 aliphatic heterocycles. The zero-order valence-electron chi connectivity index (χ0n) is 15.3. The average molecular weight is 378 g/mol. The molecule has 1 aromatic rings. The van der Waals surface area contributed by atoms with Crippen molar-refractivity contribution in [3.05, 3.63) is 29.8 Å². The van der Waals surface area contributed by atoms with Crippen LogP contribution in [-0.2, 0) is 14.8 Å². The first-order valence-electron chi connectivity index (χ1n) is 9.08. The minimum absolute atomic E-state index is 0.0812. The van der Waals surface area contributed by atoms with E-state index >= 15 is 0 Å². The molecule has 26 heavy (non-hydrogen) atoms. The molecule has 142 valence electrons. The molecule has 0 spiro atoms. The maximum atomic E-state index is 12.4. The predicted molar refractivity (Wildman–Crippen MR) is 101 cm³/mol. The average Bonchev–Trinajstić information content (AvgIpc) is 2.89. The summed E-state index contributed by atoms with van der Waals surface area (Å²) < 4.78 is 28.1.